The van der Waals surface area contributed by atoms with Crippen LogP contribution in [0.2, 0.25) is 0 Å². The molecule has 33 heavy (non-hydrogen) atoms. The van der Waals surface area contributed by atoms with Gasteiger partial charge >= 0.3 is 0 Å². The number of hydrogen-bond acceptors (Lipinski definition) is 4. The molecule has 0 aliphatic rings. The second kappa shape index (κ2) is 10.2. The summed E-state index contributed by atoms with van der Waals surface area (Å²) in [5, 5.41) is 9.03. The summed E-state index contributed by atoms with van der Waals surface area (Å²) in [6.07, 6.45) is 1.56. The minimum Gasteiger partial charge on any atom is -0.489 e. The molecule has 6 heteroatoms. The van der Waals surface area contributed by atoms with Gasteiger partial charge in [0.15, 0.2) is 0 Å². The van der Waals surface area contributed by atoms with E-state index >= 15 is 0 Å². The summed E-state index contributed by atoms with van der Waals surface area (Å²) in [6.45, 7) is 1.89. The molecule has 0 fully saturated rings. The smallest absolute Gasteiger partial charge is 0.271 e. The number of ether oxygens (including phenoxy) is 1. The summed E-state index contributed by atoms with van der Waals surface area (Å²) in [4.78, 5) is 23.5. The van der Waals surface area contributed by atoms with Crippen LogP contribution in [0.25, 0.3) is 10.8 Å². The second-order valence-electron chi connectivity index (χ2n) is 7.46. The molecule has 0 atom stereocenters. The van der Waals surface area contributed by atoms with Gasteiger partial charge in [-0.15, -0.1) is 0 Å². The summed E-state index contributed by atoms with van der Waals surface area (Å²) in [5.74, 6) is 0.183. The van der Waals surface area contributed by atoms with E-state index in [1.165, 1.54) is 17.7 Å². The number of hydrogen-bond donors (Lipinski definition) is 2. The Bertz CT molecular complexity index is 1310. The van der Waals surface area contributed by atoms with Gasteiger partial charge in [0, 0.05) is 18.2 Å². The molecular weight excluding hydrogens is 414 g/mol. The van der Waals surface area contributed by atoms with Crippen LogP contribution >= 0.6 is 0 Å². The molecule has 0 heterocycles. The van der Waals surface area contributed by atoms with Gasteiger partial charge in [0.2, 0.25) is 5.91 Å². The normalized spacial score (nSPS) is 10.8. The Hall–Kier alpha value is -4.45. The molecule has 0 aromatic heterocycles. The Morgan fingerprint density at radius 1 is 0.909 bits per heavy atom. The van der Waals surface area contributed by atoms with Gasteiger partial charge in [0.05, 0.1) is 6.21 Å². The van der Waals surface area contributed by atoms with Crippen LogP contribution in [0.15, 0.2) is 96.1 Å². The van der Waals surface area contributed by atoms with Gasteiger partial charge in [-0.3, -0.25) is 9.59 Å². The SMILES string of the molecule is CC(=O)Nc1cccc(C(=O)NN=Cc2ccc(OCc3cccc4ccccc34)cc2)c1. The Kier molecular flexibility index (Phi) is 6.75. The fourth-order valence-corrected chi connectivity index (χ4v) is 3.40. The lowest BCUT2D eigenvalue weighted by Gasteiger charge is -2.09. The summed E-state index contributed by atoms with van der Waals surface area (Å²) in [5.41, 5.74) is 5.39. The van der Waals surface area contributed by atoms with Crippen molar-refractivity contribution in [2.45, 2.75) is 13.5 Å². The van der Waals surface area contributed by atoms with Crippen molar-refractivity contribution in [3.63, 3.8) is 0 Å². The highest BCUT2D eigenvalue weighted by Gasteiger charge is 2.06. The Morgan fingerprint density at radius 3 is 2.48 bits per heavy atom. The van der Waals surface area contributed by atoms with E-state index in [1.807, 2.05) is 42.5 Å². The Morgan fingerprint density at radius 2 is 1.67 bits per heavy atom. The molecular formula is C27H23N3O3. The van der Waals surface area contributed by atoms with E-state index in [4.69, 9.17) is 4.74 Å². The lowest BCUT2D eigenvalue weighted by Crippen LogP contribution is -2.18. The van der Waals surface area contributed by atoms with Crippen molar-refractivity contribution in [3.05, 3.63) is 108 Å². The van der Waals surface area contributed by atoms with Gasteiger partial charge in [-0.25, -0.2) is 5.43 Å². The van der Waals surface area contributed by atoms with E-state index in [0.29, 0.717) is 17.9 Å². The number of carbonyl (C=O) groups excluding carboxylic acids is 2. The number of fused-ring (bicyclic) bond motifs is 1. The number of hydrazone groups is 1. The van der Waals surface area contributed by atoms with Crippen molar-refractivity contribution in [1.82, 2.24) is 5.43 Å². The van der Waals surface area contributed by atoms with Crippen molar-refractivity contribution in [2.24, 2.45) is 5.10 Å². The van der Waals surface area contributed by atoms with E-state index in [2.05, 4.69) is 40.1 Å². The number of nitrogens with one attached hydrogen (secondary N) is 2. The lowest BCUT2D eigenvalue weighted by molar-refractivity contribution is -0.114. The van der Waals surface area contributed by atoms with Gasteiger partial charge < -0.3 is 10.1 Å². The minimum absolute atomic E-state index is 0.199. The molecule has 2 N–H and O–H groups in total. The van der Waals surface area contributed by atoms with Crippen molar-refractivity contribution >= 4 is 34.5 Å². The number of anilines is 1. The van der Waals surface area contributed by atoms with E-state index in [1.54, 1.807) is 30.5 Å². The van der Waals surface area contributed by atoms with Crippen molar-refractivity contribution in [3.8, 4) is 5.75 Å². The highest BCUT2D eigenvalue weighted by molar-refractivity contribution is 5.97. The first-order valence-electron chi connectivity index (χ1n) is 10.5. The zero-order valence-corrected chi connectivity index (χ0v) is 18.1. The molecule has 2 amide bonds. The van der Waals surface area contributed by atoms with Crippen molar-refractivity contribution < 1.29 is 14.3 Å². The molecule has 4 aromatic rings. The predicted molar refractivity (Wildman–Crippen MR) is 131 cm³/mol. The van der Waals surface area contributed by atoms with E-state index in [0.717, 1.165) is 16.9 Å². The van der Waals surface area contributed by atoms with Gasteiger partial charge in [0.1, 0.15) is 12.4 Å². The molecule has 0 saturated carbocycles. The molecule has 4 aromatic carbocycles. The van der Waals surface area contributed by atoms with Crippen LogP contribution in [0.4, 0.5) is 5.69 Å². The van der Waals surface area contributed by atoms with Crippen molar-refractivity contribution in [1.29, 1.82) is 0 Å². The first-order valence-corrected chi connectivity index (χ1v) is 10.5. The summed E-state index contributed by atoms with van der Waals surface area (Å²) in [7, 11) is 0. The molecule has 0 aliphatic carbocycles. The lowest BCUT2D eigenvalue weighted by atomic mass is 10.1. The maximum Gasteiger partial charge on any atom is 0.271 e. The summed E-state index contributed by atoms with van der Waals surface area (Å²) < 4.78 is 5.95. The largest absolute Gasteiger partial charge is 0.489 e. The van der Waals surface area contributed by atoms with Crippen LogP contribution in [-0.2, 0) is 11.4 Å². The number of rotatable bonds is 7. The van der Waals surface area contributed by atoms with Crippen molar-refractivity contribution in [2.75, 3.05) is 5.32 Å². The maximum absolute atomic E-state index is 12.3. The Labute approximate surface area is 191 Å². The fraction of sp³-hybridized carbons (Fsp3) is 0.0741. The summed E-state index contributed by atoms with van der Waals surface area (Å²) >= 11 is 0. The number of nitrogens with zero attached hydrogens (tertiary/aromatic N) is 1. The maximum atomic E-state index is 12.3. The van der Waals surface area contributed by atoms with E-state index in [-0.39, 0.29) is 11.8 Å². The van der Waals surface area contributed by atoms with Gasteiger partial charge in [-0.1, -0.05) is 48.5 Å². The molecule has 6 nitrogen and oxygen atoms in total. The van der Waals surface area contributed by atoms with Crippen LogP contribution in [0.1, 0.15) is 28.4 Å². The molecule has 164 valence electrons. The van der Waals surface area contributed by atoms with Crippen LogP contribution < -0.4 is 15.5 Å². The van der Waals surface area contributed by atoms with Crippen LogP contribution in [0.5, 0.6) is 5.75 Å². The van der Waals surface area contributed by atoms with E-state index < -0.39 is 0 Å². The van der Waals surface area contributed by atoms with Crippen LogP contribution in [0, 0.1) is 0 Å². The molecule has 0 saturated heterocycles. The third-order valence-corrected chi connectivity index (χ3v) is 4.98. The monoisotopic (exact) mass is 437 g/mol. The number of benzene rings is 4. The standard InChI is InChI=1S/C27H23N3O3/c1-19(31)29-24-10-5-8-22(16-24)27(32)30-28-17-20-12-14-25(15-13-20)33-18-23-9-4-7-21-6-2-3-11-26(21)23/h2-17H,18H2,1H3,(H,29,31)(H,30,32). The molecule has 0 spiro atoms. The second-order valence-corrected chi connectivity index (χ2v) is 7.46. The third-order valence-electron chi connectivity index (χ3n) is 4.98. The average molecular weight is 437 g/mol. The molecule has 4 rings (SSSR count). The number of amides is 2. The molecule has 0 aliphatic heterocycles. The fourth-order valence-electron chi connectivity index (χ4n) is 3.40. The molecule has 0 unspecified atom stereocenters. The third kappa shape index (κ3) is 5.83. The highest BCUT2D eigenvalue weighted by Crippen LogP contribution is 2.21. The topological polar surface area (TPSA) is 79.8 Å². The van der Waals surface area contributed by atoms with Crippen LogP contribution in [0.3, 0.4) is 0 Å². The molecule has 0 bridgehead atoms. The van der Waals surface area contributed by atoms with Crippen LogP contribution in [-0.4, -0.2) is 18.0 Å². The average Bonchev–Trinajstić information content (AvgIpc) is 2.83. The van der Waals surface area contributed by atoms with Gasteiger partial charge in [-0.05, 0) is 64.4 Å². The highest BCUT2D eigenvalue weighted by atomic mass is 16.5. The number of carbonyl (C=O) groups is 2. The predicted octanol–water partition coefficient (Wildman–Crippen LogP) is 5.14. The Balaban J connectivity index is 1.33. The summed E-state index contributed by atoms with van der Waals surface area (Å²) in [6, 6.07) is 28.5. The minimum atomic E-state index is -0.367. The first-order chi connectivity index (χ1) is 16.1. The quantitative estimate of drug-likeness (QED) is 0.310. The first kappa shape index (κ1) is 21.8. The zero-order valence-electron chi connectivity index (χ0n) is 18.1. The zero-order chi connectivity index (χ0) is 23.0. The van der Waals surface area contributed by atoms with E-state index in [9.17, 15) is 9.59 Å². The van der Waals surface area contributed by atoms with Gasteiger partial charge in [0.25, 0.3) is 5.91 Å². The molecule has 0 radical (unpaired) electrons. The van der Waals surface area contributed by atoms with Gasteiger partial charge in [-0.2, -0.15) is 5.10 Å².